The van der Waals surface area contributed by atoms with Crippen LogP contribution in [0.2, 0.25) is 0 Å². The average Bonchev–Trinajstić information content (AvgIpc) is 3.06. The van der Waals surface area contributed by atoms with Gasteiger partial charge in [0.2, 0.25) is 0 Å². The molecule has 4 nitrogen and oxygen atoms in total. The van der Waals surface area contributed by atoms with Gasteiger partial charge in [-0.3, -0.25) is 4.99 Å². The maximum atomic E-state index is 4.76. The molecule has 1 atom stereocenters. The van der Waals surface area contributed by atoms with Crippen LogP contribution >= 0.6 is 11.3 Å². The molecule has 2 N–H and O–H groups in total. The third-order valence-corrected chi connectivity index (χ3v) is 5.40. The second-order valence-corrected chi connectivity index (χ2v) is 7.24. The van der Waals surface area contributed by atoms with Gasteiger partial charge >= 0.3 is 0 Å². The second-order valence-electron chi connectivity index (χ2n) is 6.26. The van der Waals surface area contributed by atoms with Crippen molar-refractivity contribution in [2.45, 2.75) is 32.6 Å². The lowest BCUT2D eigenvalue weighted by atomic mass is 9.97. The monoisotopic (exact) mass is 322 g/mol. The highest BCUT2D eigenvalue weighted by Gasteiger charge is 2.16. The number of rotatable bonds is 6. The minimum Gasteiger partial charge on any atom is -0.357 e. The average molecular weight is 323 g/mol. The molecule has 0 saturated carbocycles. The van der Waals surface area contributed by atoms with E-state index in [9.17, 15) is 0 Å². The smallest absolute Gasteiger partial charge is 0.191 e. The number of hydrogen-bond donors (Lipinski definition) is 2. The molecule has 124 valence electrons. The molecule has 2 rings (SSSR count). The van der Waals surface area contributed by atoms with Gasteiger partial charge in [-0.15, -0.1) is 11.3 Å². The first-order valence-corrected chi connectivity index (χ1v) is 9.31. The van der Waals surface area contributed by atoms with Crippen LogP contribution in [-0.4, -0.2) is 50.6 Å². The summed E-state index contributed by atoms with van der Waals surface area (Å²) >= 11 is 1.82. The van der Waals surface area contributed by atoms with Crippen molar-refractivity contribution in [3.63, 3.8) is 0 Å². The fourth-order valence-electron chi connectivity index (χ4n) is 2.74. The van der Waals surface area contributed by atoms with Gasteiger partial charge in [-0.25, -0.2) is 0 Å². The lowest BCUT2D eigenvalue weighted by molar-refractivity contribution is 0.220. The van der Waals surface area contributed by atoms with Crippen molar-refractivity contribution in [1.82, 2.24) is 15.5 Å². The summed E-state index contributed by atoms with van der Waals surface area (Å²) in [5, 5.41) is 9.03. The van der Waals surface area contributed by atoms with Gasteiger partial charge in [0.05, 0.1) is 6.54 Å². The van der Waals surface area contributed by atoms with Gasteiger partial charge in [-0.1, -0.05) is 13.0 Å². The molecule has 0 spiro atoms. The minimum atomic E-state index is 0.485. The van der Waals surface area contributed by atoms with Crippen molar-refractivity contribution in [1.29, 1.82) is 0 Å². The lowest BCUT2D eigenvalue weighted by Gasteiger charge is -2.29. The van der Waals surface area contributed by atoms with Gasteiger partial charge in [0.15, 0.2) is 5.96 Å². The molecular formula is C17H30N4S. The van der Waals surface area contributed by atoms with E-state index in [2.05, 4.69) is 53.9 Å². The molecule has 1 aliphatic heterocycles. The third-order valence-electron chi connectivity index (χ3n) is 4.29. The molecule has 1 unspecified atom stereocenters. The number of nitrogens with zero attached hydrogens (tertiary/aromatic N) is 2. The Balaban J connectivity index is 1.79. The normalized spacial score (nSPS) is 19.1. The number of thiophene rings is 1. The molecule has 1 saturated heterocycles. The maximum Gasteiger partial charge on any atom is 0.191 e. The molecule has 0 radical (unpaired) electrons. The molecule has 5 heteroatoms. The Morgan fingerprint density at radius 3 is 2.82 bits per heavy atom. The number of piperidine rings is 1. The minimum absolute atomic E-state index is 0.485. The first-order chi connectivity index (χ1) is 10.7. The predicted octanol–water partition coefficient (Wildman–Crippen LogP) is 2.75. The van der Waals surface area contributed by atoms with E-state index in [0.29, 0.717) is 5.92 Å². The summed E-state index contributed by atoms with van der Waals surface area (Å²) in [7, 11) is 2.21. The maximum absolute atomic E-state index is 4.76. The lowest BCUT2D eigenvalue weighted by Crippen LogP contribution is -2.42. The largest absolute Gasteiger partial charge is 0.357 e. The number of nitrogens with one attached hydrogen (secondary N) is 2. The molecule has 0 aromatic carbocycles. The Kier molecular flexibility index (Phi) is 7.19. The summed E-state index contributed by atoms with van der Waals surface area (Å²) in [6, 6.07) is 4.31. The van der Waals surface area contributed by atoms with Crippen molar-refractivity contribution < 1.29 is 0 Å². The SMILES string of the molecule is CCNC(=NCC(C)c1cccs1)NCC1CCN(C)CC1. The standard InChI is InChI=1S/C17H30N4S/c1-4-18-17(19-12-14(2)16-6-5-11-22-16)20-13-15-7-9-21(3)10-8-15/h5-6,11,14-15H,4,7-10,12-13H2,1-3H3,(H2,18,19,20). The first kappa shape index (κ1) is 17.3. The summed E-state index contributed by atoms with van der Waals surface area (Å²) in [5.41, 5.74) is 0. The first-order valence-electron chi connectivity index (χ1n) is 8.43. The molecule has 1 aromatic heterocycles. The van der Waals surface area contributed by atoms with E-state index in [1.165, 1.54) is 30.8 Å². The zero-order valence-corrected chi connectivity index (χ0v) is 15.0. The van der Waals surface area contributed by atoms with Gasteiger partial charge in [0.25, 0.3) is 0 Å². The van der Waals surface area contributed by atoms with E-state index in [1.54, 1.807) is 0 Å². The van der Waals surface area contributed by atoms with Crippen LogP contribution in [0.5, 0.6) is 0 Å². The summed E-state index contributed by atoms with van der Waals surface area (Å²) < 4.78 is 0. The Morgan fingerprint density at radius 1 is 1.41 bits per heavy atom. The summed E-state index contributed by atoms with van der Waals surface area (Å²) in [6.45, 7) is 9.58. The van der Waals surface area contributed by atoms with Crippen LogP contribution in [-0.2, 0) is 0 Å². The molecule has 1 aromatic rings. The van der Waals surface area contributed by atoms with Crippen LogP contribution in [0.3, 0.4) is 0 Å². The van der Waals surface area contributed by atoms with E-state index < -0.39 is 0 Å². The van der Waals surface area contributed by atoms with Crippen molar-refractivity contribution >= 4 is 17.3 Å². The number of likely N-dealkylation sites (tertiary alicyclic amines) is 1. The zero-order valence-electron chi connectivity index (χ0n) is 14.1. The molecule has 0 amide bonds. The fourth-order valence-corrected chi connectivity index (χ4v) is 3.52. The van der Waals surface area contributed by atoms with Gasteiger partial charge in [0, 0.05) is 23.9 Å². The van der Waals surface area contributed by atoms with Crippen molar-refractivity contribution in [3.05, 3.63) is 22.4 Å². The number of aliphatic imine (C=N–C) groups is 1. The van der Waals surface area contributed by atoms with Crippen LogP contribution in [0, 0.1) is 5.92 Å². The van der Waals surface area contributed by atoms with Gasteiger partial charge in [0.1, 0.15) is 0 Å². The van der Waals surface area contributed by atoms with Crippen LogP contribution < -0.4 is 10.6 Å². The molecular weight excluding hydrogens is 292 g/mol. The highest BCUT2D eigenvalue weighted by molar-refractivity contribution is 7.10. The topological polar surface area (TPSA) is 39.7 Å². The van der Waals surface area contributed by atoms with Crippen LogP contribution in [0.25, 0.3) is 0 Å². The summed E-state index contributed by atoms with van der Waals surface area (Å²) in [6.07, 6.45) is 2.57. The van der Waals surface area contributed by atoms with Crippen molar-refractivity contribution in [2.75, 3.05) is 39.8 Å². The van der Waals surface area contributed by atoms with E-state index in [0.717, 1.165) is 31.5 Å². The third kappa shape index (κ3) is 5.61. The van der Waals surface area contributed by atoms with E-state index in [1.807, 2.05) is 11.3 Å². The molecule has 0 aliphatic carbocycles. The second kappa shape index (κ2) is 9.16. The molecule has 1 aliphatic rings. The van der Waals surface area contributed by atoms with Crippen LogP contribution in [0.1, 0.15) is 37.5 Å². The molecule has 0 bridgehead atoms. The Labute approximate surface area is 139 Å². The number of hydrogen-bond acceptors (Lipinski definition) is 3. The van der Waals surface area contributed by atoms with E-state index >= 15 is 0 Å². The number of guanidine groups is 1. The van der Waals surface area contributed by atoms with Gasteiger partial charge < -0.3 is 15.5 Å². The Hall–Kier alpha value is -1.07. The molecule has 22 heavy (non-hydrogen) atoms. The molecule has 1 fully saturated rings. The Morgan fingerprint density at radius 2 is 2.18 bits per heavy atom. The van der Waals surface area contributed by atoms with Crippen molar-refractivity contribution in [2.24, 2.45) is 10.9 Å². The van der Waals surface area contributed by atoms with Crippen LogP contribution in [0.15, 0.2) is 22.5 Å². The fraction of sp³-hybridized carbons (Fsp3) is 0.706. The van der Waals surface area contributed by atoms with Crippen LogP contribution in [0.4, 0.5) is 0 Å². The van der Waals surface area contributed by atoms with Crippen molar-refractivity contribution in [3.8, 4) is 0 Å². The molecule has 2 heterocycles. The highest BCUT2D eigenvalue weighted by Crippen LogP contribution is 2.20. The quantitative estimate of drug-likeness (QED) is 0.625. The van der Waals surface area contributed by atoms with Gasteiger partial charge in [-0.2, -0.15) is 0 Å². The predicted molar refractivity (Wildman–Crippen MR) is 96.9 cm³/mol. The summed E-state index contributed by atoms with van der Waals surface area (Å²) in [5.74, 6) is 2.22. The van der Waals surface area contributed by atoms with Gasteiger partial charge in [-0.05, 0) is 57.3 Å². The highest BCUT2D eigenvalue weighted by atomic mass is 32.1. The van der Waals surface area contributed by atoms with E-state index in [-0.39, 0.29) is 0 Å². The van der Waals surface area contributed by atoms with E-state index in [4.69, 9.17) is 4.99 Å². The zero-order chi connectivity index (χ0) is 15.8. The summed E-state index contributed by atoms with van der Waals surface area (Å²) in [4.78, 5) is 8.59. The Bertz CT molecular complexity index is 436.